The van der Waals surface area contributed by atoms with E-state index in [1.54, 1.807) is 17.8 Å². The van der Waals surface area contributed by atoms with Gasteiger partial charge in [0.25, 0.3) is 0 Å². The molecule has 0 aromatic carbocycles. The zero-order valence-electron chi connectivity index (χ0n) is 12.4. The van der Waals surface area contributed by atoms with Crippen molar-refractivity contribution in [2.45, 2.75) is 25.7 Å². The first-order valence-electron chi connectivity index (χ1n) is 7.21. The maximum Gasteiger partial charge on any atom is 0.219 e. The number of aromatic nitrogens is 4. The summed E-state index contributed by atoms with van der Waals surface area (Å²) in [5, 5.41) is 4.14. The van der Waals surface area contributed by atoms with Crippen LogP contribution in [0.25, 0.3) is 11.4 Å². The lowest BCUT2D eigenvalue weighted by molar-refractivity contribution is -0.129. The predicted octanol–water partition coefficient (Wildman–Crippen LogP) is 1.60. The van der Waals surface area contributed by atoms with Crippen LogP contribution in [0.5, 0.6) is 0 Å². The molecule has 110 valence electrons. The highest BCUT2D eigenvalue weighted by Crippen LogP contribution is 2.27. The highest BCUT2D eigenvalue weighted by molar-refractivity contribution is 5.73. The Morgan fingerprint density at radius 3 is 2.52 bits per heavy atom. The fourth-order valence-corrected chi connectivity index (χ4v) is 2.80. The fraction of sp³-hybridized carbons (Fsp3) is 0.467. The topological polar surface area (TPSA) is 63.9 Å². The van der Waals surface area contributed by atoms with Gasteiger partial charge < -0.3 is 4.90 Å². The number of hydrogen-bond acceptors (Lipinski definition) is 4. The van der Waals surface area contributed by atoms with Gasteiger partial charge in [-0.05, 0) is 18.9 Å². The quantitative estimate of drug-likeness (QED) is 0.841. The van der Waals surface area contributed by atoms with Crippen molar-refractivity contribution in [3.8, 4) is 11.4 Å². The number of nitrogens with zero attached hydrogens (tertiary/aromatic N) is 5. The Balaban J connectivity index is 1.71. The van der Waals surface area contributed by atoms with Crippen molar-refractivity contribution in [1.29, 1.82) is 0 Å². The first kappa shape index (κ1) is 13.7. The molecular weight excluding hydrogens is 266 g/mol. The van der Waals surface area contributed by atoms with E-state index in [-0.39, 0.29) is 5.91 Å². The van der Waals surface area contributed by atoms with Gasteiger partial charge in [0.15, 0.2) is 0 Å². The van der Waals surface area contributed by atoms with Crippen molar-refractivity contribution < 1.29 is 4.79 Å². The Labute approximate surface area is 123 Å². The first-order valence-corrected chi connectivity index (χ1v) is 7.21. The van der Waals surface area contributed by atoms with E-state index in [4.69, 9.17) is 0 Å². The molecule has 21 heavy (non-hydrogen) atoms. The lowest BCUT2D eigenvalue weighted by Gasteiger charge is -2.30. The smallest absolute Gasteiger partial charge is 0.219 e. The number of hydrogen-bond donors (Lipinski definition) is 0. The first-order chi connectivity index (χ1) is 10.1. The number of aryl methyl sites for hydroxylation is 1. The Kier molecular flexibility index (Phi) is 3.68. The van der Waals surface area contributed by atoms with E-state index in [1.807, 2.05) is 30.4 Å². The lowest BCUT2D eigenvalue weighted by Crippen LogP contribution is -2.36. The molecule has 0 saturated carbocycles. The van der Waals surface area contributed by atoms with Gasteiger partial charge >= 0.3 is 0 Å². The SMILES string of the molecule is CC(=O)N1CCC(c2cnc(-c3ccnn3C)cn2)CC1. The van der Waals surface area contributed by atoms with Gasteiger partial charge in [-0.15, -0.1) is 0 Å². The highest BCUT2D eigenvalue weighted by Gasteiger charge is 2.23. The molecule has 1 aliphatic heterocycles. The lowest BCUT2D eigenvalue weighted by atomic mass is 9.94. The van der Waals surface area contributed by atoms with Crippen molar-refractivity contribution in [2.75, 3.05) is 13.1 Å². The van der Waals surface area contributed by atoms with Crippen molar-refractivity contribution in [1.82, 2.24) is 24.6 Å². The van der Waals surface area contributed by atoms with Crippen LogP contribution in [0, 0.1) is 0 Å². The summed E-state index contributed by atoms with van der Waals surface area (Å²) in [6.07, 6.45) is 7.33. The van der Waals surface area contributed by atoms with E-state index >= 15 is 0 Å². The molecule has 6 heteroatoms. The Bertz CT molecular complexity index is 626. The second-order valence-corrected chi connectivity index (χ2v) is 5.45. The maximum absolute atomic E-state index is 11.3. The van der Waals surface area contributed by atoms with Gasteiger partial charge in [-0.25, -0.2) is 0 Å². The molecule has 0 radical (unpaired) electrons. The van der Waals surface area contributed by atoms with Gasteiger partial charge in [0, 0.05) is 45.4 Å². The largest absolute Gasteiger partial charge is 0.343 e. The van der Waals surface area contributed by atoms with E-state index in [0.717, 1.165) is 43.0 Å². The monoisotopic (exact) mass is 285 g/mol. The summed E-state index contributed by atoms with van der Waals surface area (Å²) in [5.41, 5.74) is 2.81. The predicted molar refractivity (Wildman–Crippen MR) is 78.5 cm³/mol. The van der Waals surface area contributed by atoms with Crippen LogP contribution in [0.3, 0.4) is 0 Å². The third-order valence-corrected chi connectivity index (χ3v) is 4.11. The third kappa shape index (κ3) is 2.79. The van der Waals surface area contributed by atoms with Crippen LogP contribution in [0.1, 0.15) is 31.4 Å². The summed E-state index contributed by atoms with van der Waals surface area (Å²) in [7, 11) is 1.89. The second-order valence-electron chi connectivity index (χ2n) is 5.45. The van der Waals surface area contributed by atoms with E-state index in [1.165, 1.54) is 0 Å². The molecular formula is C15H19N5O. The van der Waals surface area contributed by atoms with Crippen molar-refractivity contribution in [2.24, 2.45) is 7.05 Å². The zero-order chi connectivity index (χ0) is 14.8. The highest BCUT2D eigenvalue weighted by atomic mass is 16.2. The van der Waals surface area contributed by atoms with Crippen LogP contribution in [0.2, 0.25) is 0 Å². The average molecular weight is 285 g/mol. The summed E-state index contributed by atoms with van der Waals surface area (Å²) in [6, 6.07) is 1.93. The number of likely N-dealkylation sites (tertiary alicyclic amines) is 1. The minimum absolute atomic E-state index is 0.158. The number of carbonyl (C=O) groups excluding carboxylic acids is 1. The normalized spacial score (nSPS) is 16.2. The Morgan fingerprint density at radius 2 is 2.00 bits per heavy atom. The molecule has 2 aromatic rings. The maximum atomic E-state index is 11.3. The summed E-state index contributed by atoms with van der Waals surface area (Å²) in [6.45, 7) is 3.25. The van der Waals surface area contributed by atoms with E-state index < -0.39 is 0 Å². The molecule has 6 nitrogen and oxygen atoms in total. The summed E-state index contributed by atoms with van der Waals surface area (Å²) < 4.78 is 1.79. The van der Waals surface area contributed by atoms with Crippen molar-refractivity contribution >= 4 is 5.91 Å². The molecule has 1 amide bonds. The van der Waals surface area contributed by atoms with Gasteiger partial charge in [0.1, 0.15) is 5.69 Å². The number of amides is 1. The van der Waals surface area contributed by atoms with Crippen LogP contribution in [-0.4, -0.2) is 43.6 Å². The van der Waals surface area contributed by atoms with Gasteiger partial charge in [0.05, 0.1) is 17.6 Å². The van der Waals surface area contributed by atoms with Crippen LogP contribution < -0.4 is 0 Å². The molecule has 0 spiro atoms. The summed E-state index contributed by atoms with van der Waals surface area (Å²) in [4.78, 5) is 22.3. The van der Waals surface area contributed by atoms with Crippen molar-refractivity contribution in [3.63, 3.8) is 0 Å². The van der Waals surface area contributed by atoms with Gasteiger partial charge in [-0.1, -0.05) is 0 Å². The minimum atomic E-state index is 0.158. The van der Waals surface area contributed by atoms with Crippen molar-refractivity contribution in [3.05, 3.63) is 30.4 Å². The number of piperidine rings is 1. The third-order valence-electron chi connectivity index (χ3n) is 4.11. The molecule has 0 unspecified atom stereocenters. The Morgan fingerprint density at radius 1 is 1.24 bits per heavy atom. The molecule has 3 rings (SSSR count). The zero-order valence-corrected chi connectivity index (χ0v) is 12.4. The molecule has 0 atom stereocenters. The van der Waals surface area contributed by atoms with Gasteiger partial charge in [0.2, 0.25) is 5.91 Å². The molecule has 0 bridgehead atoms. The molecule has 0 N–H and O–H groups in total. The molecule has 1 saturated heterocycles. The standard InChI is InChI=1S/C15H19N5O/c1-11(21)20-7-4-12(5-8-20)13-9-17-14(10-16-13)15-3-6-18-19(15)2/h3,6,9-10,12H,4-5,7-8H2,1-2H3. The van der Waals surface area contributed by atoms with Crippen LogP contribution in [-0.2, 0) is 11.8 Å². The van der Waals surface area contributed by atoms with E-state index in [9.17, 15) is 4.79 Å². The summed E-state index contributed by atoms with van der Waals surface area (Å²) in [5.74, 6) is 0.555. The average Bonchev–Trinajstić information content (AvgIpc) is 2.94. The number of rotatable bonds is 2. The minimum Gasteiger partial charge on any atom is -0.343 e. The summed E-state index contributed by atoms with van der Waals surface area (Å²) >= 11 is 0. The second kappa shape index (κ2) is 5.63. The Hall–Kier alpha value is -2.24. The fourth-order valence-electron chi connectivity index (χ4n) is 2.80. The van der Waals surface area contributed by atoms with Gasteiger partial charge in [-0.3, -0.25) is 19.4 Å². The molecule has 2 aromatic heterocycles. The molecule has 0 aliphatic carbocycles. The molecule has 1 fully saturated rings. The molecule has 3 heterocycles. The molecule has 1 aliphatic rings. The van der Waals surface area contributed by atoms with Gasteiger partial charge in [-0.2, -0.15) is 5.10 Å². The van der Waals surface area contributed by atoms with E-state index in [0.29, 0.717) is 5.92 Å². The van der Waals surface area contributed by atoms with E-state index in [2.05, 4.69) is 15.1 Å². The van der Waals surface area contributed by atoms with Crippen LogP contribution >= 0.6 is 0 Å². The number of carbonyl (C=O) groups is 1. The van der Waals surface area contributed by atoms with Crippen LogP contribution in [0.4, 0.5) is 0 Å². The van der Waals surface area contributed by atoms with Crippen LogP contribution in [0.15, 0.2) is 24.7 Å².